The van der Waals surface area contributed by atoms with Gasteiger partial charge in [-0.25, -0.2) is 0 Å². The minimum atomic E-state index is -0.230. The summed E-state index contributed by atoms with van der Waals surface area (Å²) < 4.78 is 0. The van der Waals surface area contributed by atoms with Crippen LogP contribution in [-0.2, 0) is 0 Å². The summed E-state index contributed by atoms with van der Waals surface area (Å²) in [6.45, 7) is 0.333. The molecule has 0 spiro atoms. The van der Waals surface area contributed by atoms with Crippen molar-refractivity contribution in [2.75, 3.05) is 20.0 Å². The van der Waals surface area contributed by atoms with Crippen LogP contribution in [0.5, 0.6) is 0 Å². The summed E-state index contributed by atoms with van der Waals surface area (Å²) in [5, 5.41) is 0. The van der Waals surface area contributed by atoms with Crippen LogP contribution in [-0.4, -0.2) is 52.4 Å². The summed E-state index contributed by atoms with van der Waals surface area (Å²) in [5.74, 6) is -0.689. The van der Waals surface area contributed by atoms with Gasteiger partial charge in [-0.15, -0.1) is 0 Å². The Labute approximate surface area is 174 Å². The largest absolute Gasteiger partial charge is 0.303 e. The number of carbonyl (C=O) groups excluding carboxylic acids is 3. The van der Waals surface area contributed by atoms with Gasteiger partial charge >= 0.3 is 0 Å². The molecular formula is C24H21N3O3. The van der Waals surface area contributed by atoms with Gasteiger partial charge in [-0.1, -0.05) is 54.6 Å². The highest BCUT2D eigenvalue weighted by Crippen LogP contribution is 2.17. The maximum Gasteiger partial charge on any atom is 0.256 e. The molecule has 30 heavy (non-hydrogen) atoms. The molecule has 1 aliphatic heterocycles. The molecule has 3 amide bonds. The average molecular weight is 399 g/mol. The highest BCUT2D eigenvalue weighted by atomic mass is 16.2. The Morgan fingerprint density at radius 1 is 0.433 bits per heavy atom. The van der Waals surface area contributed by atoms with E-state index in [1.54, 1.807) is 72.8 Å². The van der Waals surface area contributed by atoms with Gasteiger partial charge in [-0.3, -0.25) is 14.4 Å². The molecule has 3 aromatic rings. The lowest BCUT2D eigenvalue weighted by atomic mass is 10.1. The fraction of sp³-hybridized carbons (Fsp3) is 0.125. The molecule has 0 aromatic heterocycles. The standard InChI is InChI=1S/C24H21N3O3/c28-22(19-10-4-1-5-11-19)25-16-26(23(29)20-12-6-2-7-13-20)18-27(17-25)24(30)21-14-8-3-9-15-21/h1-15H,16-18H2. The van der Waals surface area contributed by atoms with Gasteiger partial charge in [0.25, 0.3) is 17.7 Å². The van der Waals surface area contributed by atoms with Crippen molar-refractivity contribution in [2.24, 2.45) is 0 Å². The van der Waals surface area contributed by atoms with E-state index in [0.717, 1.165) is 0 Å². The van der Waals surface area contributed by atoms with Crippen LogP contribution in [0.25, 0.3) is 0 Å². The summed E-state index contributed by atoms with van der Waals surface area (Å²) in [7, 11) is 0. The fourth-order valence-electron chi connectivity index (χ4n) is 3.43. The van der Waals surface area contributed by atoms with Gasteiger partial charge in [0, 0.05) is 16.7 Å². The zero-order valence-corrected chi connectivity index (χ0v) is 16.3. The molecule has 0 atom stereocenters. The van der Waals surface area contributed by atoms with Crippen molar-refractivity contribution in [1.29, 1.82) is 0 Å². The number of amides is 3. The Morgan fingerprint density at radius 3 is 0.900 bits per heavy atom. The second-order valence-electron chi connectivity index (χ2n) is 7.06. The number of carbonyl (C=O) groups is 3. The number of nitrogens with zero attached hydrogens (tertiary/aromatic N) is 3. The quantitative estimate of drug-likeness (QED) is 0.679. The lowest BCUT2D eigenvalue weighted by molar-refractivity contribution is -0.00612. The van der Waals surface area contributed by atoms with Gasteiger partial charge in [0.05, 0.1) is 20.0 Å². The summed E-state index contributed by atoms with van der Waals surface area (Å²) >= 11 is 0. The molecule has 0 radical (unpaired) electrons. The van der Waals surface area contributed by atoms with E-state index in [-0.39, 0.29) is 37.7 Å². The second kappa shape index (κ2) is 8.61. The zero-order chi connectivity index (χ0) is 20.9. The van der Waals surface area contributed by atoms with Crippen molar-refractivity contribution in [3.63, 3.8) is 0 Å². The molecule has 1 aliphatic rings. The number of hydrogen-bond acceptors (Lipinski definition) is 3. The van der Waals surface area contributed by atoms with Crippen molar-refractivity contribution in [2.45, 2.75) is 0 Å². The van der Waals surface area contributed by atoms with Crippen molar-refractivity contribution in [1.82, 2.24) is 14.7 Å². The lowest BCUT2D eigenvalue weighted by Crippen LogP contribution is -2.59. The van der Waals surface area contributed by atoms with E-state index in [4.69, 9.17) is 0 Å². The normalized spacial score (nSPS) is 13.8. The molecule has 150 valence electrons. The van der Waals surface area contributed by atoms with Crippen LogP contribution in [0.2, 0.25) is 0 Å². The fourth-order valence-corrected chi connectivity index (χ4v) is 3.43. The van der Waals surface area contributed by atoms with Gasteiger partial charge in [0.1, 0.15) is 0 Å². The molecule has 6 heteroatoms. The number of benzene rings is 3. The Kier molecular flexibility index (Phi) is 5.57. The van der Waals surface area contributed by atoms with Crippen molar-refractivity contribution < 1.29 is 14.4 Å². The third-order valence-electron chi connectivity index (χ3n) is 4.95. The molecule has 0 unspecified atom stereocenters. The van der Waals surface area contributed by atoms with Gasteiger partial charge in [0.2, 0.25) is 0 Å². The van der Waals surface area contributed by atoms with Crippen LogP contribution in [0.4, 0.5) is 0 Å². The predicted octanol–water partition coefficient (Wildman–Crippen LogP) is 3.30. The minimum Gasteiger partial charge on any atom is -0.303 e. The third kappa shape index (κ3) is 4.07. The van der Waals surface area contributed by atoms with Gasteiger partial charge in [-0.2, -0.15) is 0 Å². The van der Waals surface area contributed by atoms with E-state index in [9.17, 15) is 14.4 Å². The Balaban J connectivity index is 1.63. The second-order valence-corrected chi connectivity index (χ2v) is 7.06. The molecule has 0 bridgehead atoms. The van der Waals surface area contributed by atoms with E-state index < -0.39 is 0 Å². The third-order valence-corrected chi connectivity index (χ3v) is 4.95. The van der Waals surface area contributed by atoms with Gasteiger partial charge in [0.15, 0.2) is 0 Å². The summed E-state index contributed by atoms with van der Waals surface area (Å²) in [6, 6.07) is 26.6. The first kappa shape index (κ1) is 19.4. The molecule has 6 nitrogen and oxygen atoms in total. The highest BCUT2D eigenvalue weighted by molar-refractivity contribution is 5.98. The highest BCUT2D eigenvalue weighted by Gasteiger charge is 2.33. The molecule has 1 saturated heterocycles. The van der Waals surface area contributed by atoms with Crippen LogP contribution in [0, 0.1) is 0 Å². The van der Waals surface area contributed by atoms with E-state index in [2.05, 4.69) is 0 Å². The number of hydrogen-bond donors (Lipinski definition) is 0. The van der Waals surface area contributed by atoms with Crippen LogP contribution in [0.15, 0.2) is 91.0 Å². The first-order valence-corrected chi connectivity index (χ1v) is 9.66. The van der Waals surface area contributed by atoms with Gasteiger partial charge < -0.3 is 14.7 Å². The van der Waals surface area contributed by atoms with E-state index in [0.29, 0.717) is 16.7 Å². The van der Waals surface area contributed by atoms with Gasteiger partial charge in [-0.05, 0) is 36.4 Å². The molecule has 0 N–H and O–H groups in total. The summed E-state index contributed by atoms with van der Waals surface area (Å²) in [4.78, 5) is 43.7. The Hall–Kier alpha value is -3.93. The monoisotopic (exact) mass is 399 g/mol. The molecule has 0 saturated carbocycles. The molecular weight excluding hydrogens is 378 g/mol. The average Bonchev–Trinajstić information content (AvgIpc) is 2.84. The van der Waals surface area contributed by atoms with Crippen molar-refractivity contribution >= 4 is 17.7 Å². The first-order chi connectivity index (χ1) is 14.6. The number of rotatable bonds is 3. The Morgan fingerprint density at radius 2 is 0.667 bits per heavy atom. The van der Waals surface area contributed by atoms with E-state index in [1.807, 2.05) is 18.2 Å². The summed E-state index contributed by atoms with van der Waals surface area (Å²) in [6.07, 6.45) is 0. The van der Waals surface area contributed by atoms with E-state index >= 15 is 0 Å². The van der Waals surface area contributed by atoms with Crippen molar-refractivity contribution in [3.05, 3.63) is 108 Å². The van der Waals surface area contributed by atoms with Crippen molar-refractivity contribution in [3.8, 4) is 0 Å². The molecule has 3 aromatic carbocycles. The molecule has 1 heterocycles. The molecule has 4 rings (SSSR count). The maximum absolute atomic E-state index is 13.1. The smallest absolute Gasteiger partial charge is 0.256 e. The minimum absolute atomic E-state index is 0.111. The predicted molar refractivity (Wildman–Crippen MR) is 112 cm³/mol. The van der Waals surface area contributed by atoms with E-state index in [1.165, 1.54) is 14.7 Å². The van der Waals surface area contributed by atoms with Crippen LogP contribution < -0.4 is 0 Å². The van der Waals surface area contributed by atoms with Crippen LogP contribution in [0.1, 0.15) is 31.1 Å². The van der Waals surface area contributed by atoms with Crippen LogP contribution >= 0.6 is 0 Å². The first-order valence-electron chi connectivity index (χ1n) is 9.66. The molecule has 1 fully saturated rings. The van der Waals surface area contributed by atoms with Crippen LogP contribution in [0.3, 0.4) is 0 Å². The Bertz CT molecular complexity index is 896. The SMILES string of the molecule is O=C(c1ccccc1)N1CN(C(=O)c2ccccc2)CN(C(=O)c2ccccc2)C1. The lowest BCUT2D eigenvalue weighted by Gasteiger charge is -2.42. The zero-order valence-electron chi connectivity index (χ0n) is 16.3. The molecule has 0 aliphatic carbocycles. The topological polar surface area (TPSA) is 60.9 Å². The maximum atomic E-state index is 13.1. The summed E-state index contributed by atoms with van der Waals surface area (Å²) in [5.41, 5.74) is 1.54.